The second-order valence-corrected chi connectivity index (χ2v) is 7.39. The summed E-state index contributed by atoms with van der Waals surface area (Å²) in [6.07, 6.45) is 2.41. The van der Waals surface area contributed by atoms with Crippen LogP contribution in [-0.4, -0.2) is 57.2 Å². The van der Waals surface area contributed by atoms with Crippen LogP contribution in [0.1, 0.15) is 18.4 Å². The zero-order valence-electron chi connectivity index (χ0n) is 15.1. The van der Waals surface area contributed by atoms with E-state index in [2.05, 4.69) is 31.6 Å². The average molecular weight is 411 g/mol. The van der Waals surface area contributed by atoms with Crippen molar-refractivity contribution in [1.82, 2.24) is 15.5 Å². The summed E-state index contributed by atoms with van der Waals surface area (Å²) < 4.78 is 6.36. The van der Waals surface area contributed by atoms with Gasteiger partial charge in [0.1, 0.15) is 0 Å². The lowest BCUT2D eigenvalue weighted by Crippen LogP contribution is -2.48. The summed E-state index contributed by atoms with van der Waals surface area (Å²) in [5.41, 5.74) is 1.11. The summed E-state index contributed by atoms with van der Waals surface area (Å²) in [5.74, 6) is 1.27. The number of methoxy groups -OCH3 is 1. The highest BCUT2D eigenvalue weighted by Gasteiger charge is 2.31. The molecule has 0 spiro atoms. The van der Waals surface area contributed by atoms with E-state index in [1.165, 1.54) is 12.8 Å². The molecule has 1 saturated carbocycles. The number of aliphatic imine (C=N–C) groups is 1. The van der Waals surface area contributed by atoms with E-state index in [-0.39, 0.29) is 18.5 Å². The molecular weight excluding hydrogens is 384 g/mol. The van der Waals surface area contributed by atoms with Crippen LogP contribution in [0.4, 0.5) is 0 Å². The normalized spacial score (nSPS) is 15.6. The van der Waals surface area contributed by atoms with Crippen LogP contribution in [0.5, 0.6) is 0 Å². The molecule has 1 amide bonds. The molecule has 1 fully saturated rings. The number of halogens is 1. The van der Waals surface area contributed by atoms with Gasteiger partial charge in [-0.25, -0.2) is 4.99 Å². The van der Waals surface area contributed by atoms with Gasteiger partial charge in [-0.3, -0.25) is 4.79 Å². The number of nitrogens with zero attached hydrogens (tertiary/aromatic N) is 2. The molecule has 1 aliphatic carbocycles. The van der Waals surface area contributed by atoms with Crippen LogP contribution in [0.15, 0.2) is 33.7 Å². The number of hydrogen-bond acceptors (Lipinski definition) is 3. The van der Waals surface area contributed by atoms with E-state index in [0.29, 0.717) is 25.0 Å². The van der Waals surface area contributed by atoms with Crippen LogP contribution in [0.25, 0.3) is 0 Å². The lowest BCUT2D eigenvalue weighted by Gasteiger charge is -2.21. The van der Waals surface area contributed by atoms with Crippen molar-refractivity contribution in [2.45, 2.75) is 25.4 Å². The number of hydrogen-bond donors (Lipinski definition) is 2. The predicted molar refractivity (Wildman–Crippen MR) is 104 cm³/mol. The summed E-state index contributed by atoms with van der Waals surface area (Å²) in [6, 6.07) is 8.28. The maximum absolute atomic E-state index is 11.9. The quantitative estimate of drug-likeness (QED) is 0.507. The molecule has 138 valence electrons. The fraction of sp³-hybridized carbons (Fsp3) is 0.556. The standard InChI is InChI=1S/C18H27BrN4O2/c1-23(2)17(24)11-21-18(22-16(12-25-3)14-6-7-14)20-10-13-4-8-15(19)9-5-13/h4-5,8-9,14,16H,6-7,10-12H2,1-3H3,(H2,20,21,22). The Bertz CT molecular complexity index is 585. The molecule has 7 heteroatoms. The van der Waals surface area contributed by atoms with E-state index >= 15 is 0 Å². The fourth-order valence-electron chi connectivity index (χ4n) is 2.38. The Morgan fingerprint density at radius 2 is 2.04 bits per heavy atom. The molecule has 1 unspecified atom stereocenters. The smallest absolute Gasteiger partial charge is 0.241 e. The lowest BCUT2D eigenvalue weighted by molar-refractivity contribution is -0.127. The molecule has 1 atom stereocenters. The molecule has 0 radical (unpaired) electrons. The molecule has 0 aromatic heterocycles. The van der Waals surface area contributed by atoms with Gasteiger partial charge >= 0.3 is 0 Å². The minimum atomic E-state index is 0.00727. The average Bonchev–Trinajstić information content (AvgIpc) is 3.42. The van der Waals surface area contributed by atoms with Gasteiger partial charge in [-0.15, -0.1) is 0 Å². The summed E-state index contributed by atoms with van der Waals surface area (Å²) in [7, 11) is 5.20. The topological polar surface area (TPSA) is 66.0 Å². The molecule has 2 N–H and O–H groups in total. The molecule has 0 heterocycles. The van der Waals surface area contributed by atoms with Gasteiger partial charge < -0.3 is 20.3 Å². The Kier molecular flexibility index (Phi) is 7.71. The minimum Gasteiger partial charge on any atom is -0.383 e. The van der Waals surface area contributed by atoms with Crippen molar-refractivity contribution in [3.63, 3.8) is 0 Å². The summed E-state index contributed by atoms with van der Waals surface area (Å²) >= 11 is 3.44. The third kappa shape index (κ3) is 7.04. The van der Waals surface area contributed by atoms with E-state index in [1.54, 1.807) is 26.1 Å². The molecule has 2 rings (SSSR count). The minimum absolute atomic E-state index is 0.00727. The SMILES string of the molecule is COCC(NC(=NCc1ccc(Br)cc1)NCC(=O)N(C)C)C1CC1. The van der Waals surface area contributed by atoms with Crippen LogP contribution >= 0.6 is 15.9 Å². The molecule has 0 saturated heterocycles. The maximum atomic E-state index is 11.9. The van der Waals surface area contributed by atoms with Crippen molar-refractivity contribution in [2.75, 3.05) is 34.4 Å². The Morgan fingerprint density at radius 3 is 2.60 bits per heavy atom. The van der Waals surface area contributed by atoms with Crippen LogP contribution < -0.4 is 10.6 Å². The third-order valence-electron chi connectivity index (χ3n) is 4.10. The number of benzene rings is 1. The van der Waals surface area contributed by atoms with E-state index in [0.717, 1.165) is 10.0 Å². The van der Waals surface area contributed by atoms with Gasteiger partial charge in [-0.05, 0) is 36.5 Å². The van der Waals surface area contributed by atoms with Crippen molar-refractivity contribution < 1.29 is 9.53 Å². The first-order chi connectivity index (χ1) is 12.0. The number of carbonyl (C=O) groups excluding carboxylic acids is 1. The second kappa shape index (κ2) is 9.77. The molecule has 0 bridgehead atoms. The number of rotatable bonds is 8. The summed E-state index contributed by atoms with van der Waals surface area (Å²) in [4.78, 5) is 18.1. The van der Waals surface area contributed by atoms with E-state index in [4.69, 9.17) is 4.74 Å². The van der Waals surface area contributed by atoms with Crippen LogP contribution in [0.3, 0.4) is 0 Å². The predicted octanol–water partition coefficient (Wildman–Crippen LogP) is 2.00. The first kappa shape index (κ1) is 19.7. The van der Waals surface area contributed by atoms with Gasteiger partial charge in [0.15, 0.2) is 5.96 Å². The van der Waals surface area contributed by atoms with Crippen molar-refractivity contribution in [2.24, 2.45) is 10.9 Å². The van der Waals surface area contributed by atoms with Gasteiger partial charge in [0.05, 0.1) is 25.7 Å². The van der Waals surface area contributed by atoms with Gasteiger partial charge in [-0.1, -0.05) is 28.1 Å². The van der Waals surface area contributed by atoms with Gasteiger partial charge in [0.25, 0.3) is 0 Å². The van der Waals surface area contributed by atoms with E-state index < -0.39 is 0 Å². The summed E-state index contributed by atoms with van der Waals surface area (Å²) in [5, 5.41) is 6.56. The highest BCUT2D eigenvalue weighted by Crippen LogP contribution is 2.32. The number of carbonyl (C=O) groups is 1. The molecule has 1 aromatic carbocycles. The first-order valence-corrected chi connectivity index (χ1v) is 9.27. The van der Waals surface area contributed by atoms with Crippen molar-refractivity contribution >= 4 is 27.8 Å². The van der Waals surface area contributed by atoms with Crippen molar-refractivity contribution in [3.05, 3.63) is 34.3 Å². The van der Waals surface area contributed by atoms with Crippen LogP contribution in [0.2, 0.25) is 0 Å². The van der Waals surface area contributed by atoms with Gasteiger partial charge in [-0.2, -0.15) is 0 Å². The van der Waals surface area contributed by atoms with Crippen molar-refractivity contribution in [1.29, 1.82) is 0 Å². The number of guanidine groups is 1. The Balaban J connectivity index is 2.02. The molecule has 25 heavy (non-hydrogen) atoms. The number of likely N-dealkylation sites (N-methyl/N-ethyl adjacent to an activating group) is 1. The van der Waals surface area contributed by atoms with Crippen molar-refractivity contribution in [3.8, 4) is 0 Å². The van der Waals surface area contributed by atoms with Crippen LogP contribution in [-0.2, 0) is 16.1 Å². The van der Waals surface area contributed by atoms with Crippen LogP contribution in [0, 0.1) is 5.92 Å². The lowest BCUT2D eigenvalue weighted by atomic mass is 10.2. The highest BCUT2D eigenvalue weighted by atomic mass is 79.9. The second-order valence-electron chi connectivity index (χ2n) is 6.48. The fourth-order valence-corrected chi connectivity index (χ4v) is 2.64. The monoisotopic (exact) mass is 410 g/mol. The number of nitrogens with one attached hydrogen (secondary N) is 2. The maximum Gasteiger partial charge on any atom is 0.241 e. The largest absolute Gasteiger partial charge is 0.383 e. The molecule has 1 aromatic rings. The van der Waals surface area contributed by atoms with Gasteiger partial charge in [0.2, 0.25) is 5.91 Å². The van der Waals surface area contributed by atoms with Gasteiger partial charge in [0, 0.05) is 25.7 Å². The number of amides is 1. The van der Waals surface area contributed by atoms with E-state index in [1.807, 2.05) is 24.3 Å². The third-order valence-corrected chi connectivity index (χ3v) is 4.63. The first-order valence-electron chi connectivity index (χ1n) is 8.48. The van der Waals surface area contributed by atoms with E-state index in [9.17, 15) is 4.79 Å². The molecule has 6 nitrogen and oxygen atoms in total. The zero-order valence-corrected chi connectivity index (χ0v) is 16.7. The molecule has 0 aliphatic heterocycles. The zero-order chi connectivity index (χ0) is 18.2. The highest BCUT2D eigenvalue weighted by molar-refractivity contribution is 9.10. The molecule has 1 aliphatic rings. The Hall–Kier alpha value is -1.60. The Morgan fingerprint density at radius 1 is 1.36 bits per heavy atom. The summed E-state index contributed by atoms with van der Waals surface area (Å²) in [6.45, 7) is 1.39. The number of ether oxygens (including phenoxy) is 1. The Labute approximate surface area is 158 Å². The molecular formula is C18H27BrN4O2.